The lowest BCUT2D eigenvalue weighted by Gasteiger charge is -2.43. The van der Waals surface area contributed by atoms with Crippen molar-refractivity contribution >= 4 is 33.8 Å². The number of hydrogen-bond donors (Lipinski definition) is 5. The van der Waals surface area contributed by atoms with Crippen LogP contribution in [0.3, 0.4) is 0 Å². The van der Waals surface area contributed by atoms with Crippen LogP contribution in [0.5, 0.6) is 5.75 Å². The molecule has 2 aromatic heterocycles. The summed E-state index contributed by atoms with van der Waals surface area (Å²) >= 11 is 0. The molecule has 0 saturated carbocycles. The summed E-state index contributed by atoms with van der Waals surface area (Å²) in [6.45, 7) is 4.17. The number of aromatic hydroxyl groups is 1. The number of rotatable bonds is 14. The number of halogens is 2. The van der Waals surface area contributed by atoms with Crippen LogP contribution in [0.1, 0.15) is 54.9 Å². The number of unbranched alkanes of at least 4 members (excludes halogenated alkanes) is 2. The molecule has 14 heteroatoms. The van der Waals surface area contributed by atoms with E-state index in [4.69, 9.17) is 9.15 Å². The molecule has 12 nitrogen and oxygen atoms in total. The van der Waals surface area contributed by atoms with Crippen molar-refractivity contribution in [1.82, 2.24) is 19.8 Å². The van der Waals surface area contributed by atoms with Gasteiger partial charge in [-0.1, -0.05) is 61.0 Å². The fraction of sp³-hybridized carbons (Fsp3) is 0.341. The summed E-state index contributed by atoms with van der Waals surface area (Å²) in [4.78, 5) is 42.7. The highest BCUT2D eigenvalue weighted by Gasteiger charge is 2.36. The van der Waals surface area contributed by atoms with Crippen LogP contribution in [0.15, 0.2) is 105 Å². The fourth-order valence-corrected chi connectivity index (χ4v) is 8.26. The summed E-state index contributed by atoms with van der Waals surface area (Å²) in [7, 11) is 0. The first-order valence-electron chi connectivity index (χ1n) is 19.5. The molecule has 9 rings (SSSR count). The van der Waals surface area contributed by atoms with E-state index in [0.717, 1.165) is 91.6 Å². The molecule has 5 heterocycles. The minimum absolute atomic E-state index is 0. The number of H-pyrrole nitrogens is 1. The second-order valence-electron chi connectivity index (χ2n) is 15.0. The molecule has 306 valence electrons. The van der Waals surface area contributed by atoms with E-state index in [-0.39, 0.29) is 38.9 Å². The minimum Gasteiger partial charge on any atom is -0.506 e. The van der Waals surface area contributed by atoms with Crippen LogP contribution in [-0.4, -0.2) is 63.0 Å². The predicted octanol–water partition coefficient (Wildman–Crippen LogP) is 6.99. The monoisotopic (exact) mass is 797 g/mol. The second kappa shape index (κ2) is 18.6. The van der Waals surface area contributed by atoms with Crippen molar-refractivity contribution < 1.29 is 33.6 Å². The summed E-state index contributed by atoms with van der Waals surface area (Å²) in [6, 6.07) is 28.0. The normalized spacial score (nSPS) is 17.7. The molecule has 0 aliphatic carbocycles. The number of fused-ring (bicyclic) bond motifs is 5. The number of benzene rings is 4. The number of anilines is 1. The van der Waals surface area contributed by atoms with Gasteiger partial charge >= 0.3 is 11.8 Å². The molecular formula is C44H49F2N5O7. The number of nitrogens with zero attached hydrogens (tertiary/aromatic N) is 2. The van der Waals surface area contributed by atoms with Crippen LogP contribution in [-0.2, 0) is 24.2 Å². The van der Waals surface area contributed by atoms with Gasteiger partial charge in [0.1, 0.15) is 11.9 Å². The van der Waals surface area contributed by atoms with Crippen LogP contribution >= 0.6 is 0 Å². The number of amides is 1. The van der Waals surface area contributed by atoms with Gasteiger partial charge in [-0.3, -0.25) is 29.0 Å². The molecule has 0 radical (unpaired) electrons. The van der Waals surface area contributed by atoms with E-state index in [1.54, 1.807) is 16.7 Å². The first-order valence-corrected chi connectivity index (χ1v) is 19.5. The number of piperidine rings is 3. The van der Waals surface area contributed by atoms with Crippen molar-refractivity contribution in [2.24, 2.45) is 5.92 Å². The summed E-state index contributed by atoms with van der Waals surface area (Å²) < 4.78 is 13.3. The lowest BCUT2D eigenvalue weighted by molar-refractivity contribution is -0.0289. The Morgan fingerprint density at radius 2 is 1.71 bits per heavy atom. The largest absolute Gasteiger partial charge is 0.506 e. The number of phenolic OH excluding ortho intramolecular Hbond substituents is 1. The van der Waals surface area contributed by atoms with Gasteiger partial charge in [0.15, 0.2) is 5.58 Å². The van der Waals surface area contributed by atoms with Gasteiger partial charge in [0.05, 0.1) is 22.8 Å². The first-order chi connectivity index (χ1) is 27.3. The molecule has 3 fully saturated rings. The second-order valence-corrected chi connectivity index (χ2v) is 15.0. The molecule has 3 aliphatic heterocycles. The highest BCUT2D eigenvalue weighted by atomic mass is 19.0. The number of ether oxygens (including phenoxy) is 1. The van der Waals surface area contributed by atoms with Crippen LogP contribution in [0.4, 0.5) is 19.9 Å². The van der Waals surface area contributed by atoms with E-state index in [1.807, 2.05) is 48.5 Å². The molecule has 6 aromatic rings. The lowest BCUT2D eigenvalue weighted by Crippen LogP contribution is -2.52. The molecule has 0 unspecified atom stereocenters. The smallest absolute Gasteiger partial charge is 0.419 e. The maximum atomic E-state index is 13.2. The Labute approximate surface area is 333 Å². The quantitative estimate of drug-likeness (QED) is 0.0732. The van der Waals surface area contributed by atoms with Gasteiger partial charge in [-0.2, -0.15) is 0 Å². The van der Waals surface area contributed by atoms with Gasteiger partial charge in [0.25, 0.3) is 0 Å². The van der Waals surface area contributed by atoms with E-state index >= 15 is 0 Å². The Bertz CT molecular complexity index is 2460. The summed E-state index contributed by atoms with van der Waals surface area (Å²) in [6.07, 6.45) is 4.24. The number of hydrogen-bond acceptors (Lipinski definition) is 9. The van der Waals surface area contributed by atoms with Crippen molar-refractivity contribution in [3.8, 4) is 16.9 Å². The van der Waals surface area contributed by atoms with Crippen molar-refractivity contribution in [2.45, 2.75) is 63.8 Å². The topological polar surface area (TPSA) is 162 Å². The average Bonchev–Trinajstić information content (AvgIpc) is 3.52. The fourth-order valence-electron chi connectivity index (χ4n) is 8.26. The van der Waals surface area contributed by atoms with Gasteiger partial charge in [-0.25, -0.2) is 9.59 Å². The zero-order chi connectivity index (χ0) is 38.6. The maximum Gasteiger partial charge on any atom is 0.419 e. The highest BCUT2D eigenvalue weighted by Crippen LogP contribution is 2.33. The van der Waals surface area contributed by atoms with Crippen molar-refractivity contribution in [3.05, 3.63) is 129 Å². The number of aliphatic hydroxyl groups excluding tert-OH is 1. The maximum absolute atomic E-state index is 13.2. The van der Waals surface area contributed by atoms with Crippen LogP contribution in [0.25, 0.3) is 33.1 Å². The van der Waals surface area contributed by atoms with Gasteiger partial charge in [-0.15, -0.1) is 0 Å². The number of aryl methyl sites for hydroxylation is 2. The van der Waals surface area contributed by atoms with Crippen LogP contribution in [0.2, 0.25) is 0 Å². The zero-order valence-corrected chi connectivity index (χ0v) is 32.0. The third-order valence-electron chi connectivity index (χ3n) is 11.3. The summed E-state index contributed by atoms with van der Waals surface area (Å²) in [5.74, 6) is -0.0178. The molecule has 5 N–H and O–H groups in total. The van der Waals surface area contributed by atoms with E-state index in [0.29, 0.717) is 35.5 Å². The van der Waals surface area contributed by atoms with Gasteiger partial charge < -0.3 is 29.7 Å². The number of aliphatic hydroxyl groups is 1. The molecule has 2 atom stereocenters. The number of oxazole rings is 1. The highest BCUT2D eigenvalue weighted by molar-refractivity contribution is 5.92. The Balaban J connectivity index is 0.00000283. The number of carbonyl (C=O) groups excluding carboxylic acids is 1. The van der Waals surface area contributed by atoms with E-state index in [2.05, 4.69) is 38.7 Å². The van der Waals surface area contributed by atoms with Crippen molar-refractivity contribution in [3.63, 3.8) is 0 Å². The molecule has 0 spiro atoms. The molecule has 2 bridgehead atoms. The molecule has 4 aromatic carbocycles. The standard InChI is InChI=1S/C44H47N5O7.2FH/c50-37-16-13-33(34-14-17-41(52)47-42(34)37)38(51)26-45-25-29-11-15-36-39(24-29)56-44(54)49(36)20-6-2-3-7-28-10-12-32(30-8-4-1-5-9-30)35(23-28)46-43(53)55-40-27-48-21-18-31(40)19-22-48;;/h1,4-5,8-17,23-24,31,38,40,45,50-51H,2-3,6-7,18-22,25-27H2,(H,46,53)(H,47,52);2*1H/t38-,40-;;/m0../s1. The van der Waals surface area contributed by atoms with Gasteiger partial charge in [-0.05, 0) is 104 Å². The van der Waals surface area contributed by atoms with E-state index in [9.17, 15) is 24.6 Å². The van der Waals surface area contributed by atoms with E-state index < -0.39 is 18.0 Å². The van der Waals surface area contributed by atoms with Gasteiger partial charge in [0, 0.05) is 43.2 Å². The number of aromatic nitrogens is 2. The average molecular weight is 798 g/mol. The Hall–Kier alpha value is -5.83. The summed E-state index contributed by atoms with van der Waals surface area (Å²) in [5.41, 5.74) is 6.51. The first kappa shape index (κ1) is 41.8. The van der Waals surface area contributed by atoms with Crippen LogP contribution in [0, 0.1) is 5.92 Å². The third-order valence-corrected chi connectivity index (χ3v) is 11.3. The third kappa shape index (κ3) is 9.31. The van der Waals surface area contributed by atoms with Crippen molar-refractivity contribution in [1.29, 1.82) is 0 Å². The number of pyridine rings is 1. The van der Waals surface area contributed by atoms with Crippen molar-refractivity contribution in [2.75, 3.05) is 31.5 Å². The Morgan fingerprint density at radius 1 is 0.914 bits per heavy atom. The molecular weight excluding hydrogens is 749 g/mol. The number of phenols is 1. The van der Waals surface area contributed by atoms with E-state index in [1.165, 1.54) is 12.1 Å². The lowest BCUT2D eigenvalue weighted by atomic mass is 9.86. The molecule has 1 amide bonds. The number of carbonyl (C=O) groups is 1. The minimum atomic E-state index is -0.887. The number of aromatic amines is 1. The van der Waals surface area contributed by atoms with Crippen LogP contribution < -0.4 is 21.9 Å². The Kier molecular flexibility index (Phi) is 13.4. The summed E-state index contributed by atoms with van der Waals surface area (Å²) in [5, 5.41) is 27.9. The molecule has 3 saturated heterocycles. The Morgan fingerprint density at radius 3 is 2.48 bits per heavy atom. The molecule has 58 heavy (non-hydrogen) atoms. The van der Waals surface area contributed by atoms with Gasteiger partial charge in [0.2, 0.25) is 5.56 Å². The zero-order valence-electron chi connectivity index (χ0n) is 32.0. The molecule has 3 aliphatic rings. The predicted molar refractivity (Wildman–Crippen MR) is 221 cm³/mol. The number of nitrogens with one attached hydrogen (secondary N) is 3. The SMILES string of the molecule is F.F.O=C(Nc1cc(CCCCCn2c(=O)oc3cc(CNC[C@H](O)c4ccc(O)c5[nH]c(=O)ccc45)ccc32)ccc1-c1ccccc1)O[C@H]1CN2CCC1CC2.